The van der Waals surface area contributed by atoms with E-state index in [-0.39, 0.29) is 40.7 Å². The normalized spacial score (nSPS) is 19.4. The Morgan fingerprint density at radius 3 is 2.51 bits per heavy atom. The van der Waals surface area contributed by atoms with Crippen LogP contribution in [0.5, 0.6) is 0 Å². The number of hydrogen-bond acceptors (Lipinski definition) is 8. The van der Waals surface area contributed by atoms with Crippen LogP contribution in [0.25, 0.3) is 16.8 Å². The Morgan fingerprint density at radius 2 is 1.88 bits per heavy atom. The van der Waals surface area contributed by atoms with Crippen LogP contribution in [0.3, 0.4) is 0 Å². The van der Waals surface area contributed by atoms with Crippen molar-refractivity contribution in [2.45, 2.75) is 45.4 Å². The number of aromatic nitrogens is 4. The summed E-state index contributed by atoms with van der Waals surface area (Å²) >= 11 is 0. The van der Waals surface area contributed by atoms with E-state index in [4.69, 9.17) is 5.73 Å². The van der Waals surface area contributed by atoms with Gasteiger partial charge in [0.05, 0.1) is 52.2 Å². The quantitative estimate of drug-likeness (QED) is 0.324. The second kappa shape index (κ2) is 10.7. The minimum atomic E-state index is -1.40. The first kappa shape index (κ1) is 28.4. The van der Waals surface area contributed by atoms with Crippen LogP contribution in [-0.4, -0.2) is 67.7 Å². The molecule has 1 aliphatic rings. The van der Waals surface area contributed by atoms with Gasteiger partial charge in [0.15, 0.2) is 0 Å². The van der Waals surface area contributed by atoms with Crippen LogP contribution in [0.1, 0.15) is 33.3 Å². The first-order valence-electron chi connectivity index (χ1n) is 13.4. The van der Waals surface area contributed by atoms with Gasteiger partial charge in [-0.05, 0) is 55.7 Å². The maximum atomic E-state index is 15.1. The molecule has 3 aromatic heterocycles. The lowest BCUT2D eigenvalue weighted by Crippen LogP contribution is -2.62. The minimum absolute atomic E-state index is 0.0250. The van der Waals surface area contributed by atoms with Crippen LogP contribution < -0.4 is 16.0 Å². The van der Waals surface area contributed by atoms with Gasteiger partial charge < -0.3 is 26.0 Å². The largest absolute Gasteiger partial charge is 0.386 e. The zero-order valence-corrected chi connectivity index (χ0v) is 23.6. The van der Waals surface area contributed by atoms with E-state index in [0.717, 1.165) is 17.8 Å². The highest BCUT2D eigenvalue weighted by Gasteiger charge is 2.36. The molecule has 1 aliphatic heterocycles. The highest BCUT2D eigenvalue weighted by atomic mass is 19.1. The maximum Gasteiger partial charge on any atom is 0.229 e. The van der Waals surface area contributed by atoms with Gasteiger partial charge in [-0.25, -0.2) is 13.8 Å². The third-order valence-electron chi connectivity index (χ3n) is 7.68. The number of likely N-dealkylation sites (N-methyl/N-ethyl adjacent to an activating group) is 1. The fraction of sp³-hybridized carbons (Fsp3) is 0.379. The van der Waals surface area contributed by atoms with Gasteiger partial charge >= 0.3 is 0 Å². The highest BCUT2D eigenvalue weighted by molar-refractivity contribution is 5.75. The van der Waals surface area contributed by atoms with Crippen molar-refractivity contribution in [1.82, 2.24) is 24.5 Å². The van der Waals surface area contributed by atoms with Crippen LogP contribution in [0.4, 0.5) is 26.1 Å². The minimum Gasteiger partial charge on any atom is -0.386 e. The summed E-state index contributed by atoms with van der Waals surface area (Å²) in [4.78, 5) is 24.6. The molecule has 10 nitrogen and oxygen atoms in total. The number of carbonyl (C=O) groups is 1. The van der Waals surface area contributed by atoms with Crippen molar-refractivity contribution in [1.29, 1.82) is 0 Å². The number of halogens is 2. The first-order chi connectivity index (χ1) is 19.3. The van der Waals surface area contributed by atoms with Crippen LogP contribution in [0.15, 0.2) is 48.9 Å². The molecule has 3 atom stereocenters. The van der Waals surface area contributed by atoms with Gasteiger partial charge in [-0.15, -0.1) is 0 Å². The SMILES string of the molecule is CC(=O)N(C)C1C(C)CN(c2ccncc2Nc2ncc3ccc(-c4c(F)cc(C(C)(C)O)cc4F)nn23)CC1N. The molecule has 1 fully saturated rings. The van der Waals surface area contributed by atoms with Crippen LogP contribution in [0.2, 0.25) is 0 Å². The van der Waals surface area contributed by atoms with Gasteiger partial charge in [0.1, 0.15) is 11.6 Å². The number of pyridine rings is 1. The third kappa shape index (κ3) is 5.44. The number of carbonyl (C=O) groups excluding carboxylic acids is 1. The number of nitrogens with two attached hydrogens (primary N) is 1. The molecule has 0 spiro atoms. The molecule has 0 bridgehead atoms. The Bertz CT molecular complexity index is 1570. The Balaban J connectivity index is 1.46. The van der Waals surface area contributed by atoms with Crippen LogP contribution >= 0.6 is 0 Å². The summed E-state index contributed by atoms with van der Waals surface area (Å²) in [6.45, 7) is 7.72. The Hall–Kier alpha value is -4.16. The summed E-state index contributed by atoms with van der Waals surface area (Å²) in [6.07, 6.45) is 4.95. The van der Waals surface area contributed by atoms with Crippen molar-refractivity contribution >= 4 is 28.7 Å². The Labute approximate surface area is 236 Å². The Kier molecular flexibility index (Phi) is 7.39. The molecule has 0 aliphatic carbocycles. The number of fused-ring (bicyclic) bond motifs is 1. The molecule has 0 saturated carbocycles. The average Bonchev–Trinajstić information content (AvgIpc) is 3.29. The molecule has 12 heteroatoms. The molecule has 1 aromatic carbocycles. The molecule has 1 saturated heterocycles. The zero-order valence-electron chi connectivity index (χ0n) is 23.6. The number of piperidine rings is 1. The summed E-state index contributed by atoms with van der Waals surface area (Å²) < 4.78 is 31.6. The topological polar surface area (TPSA) is 125 Å². The lowest BCUT2D eigenvalue weighted by atomic mass is 9.88. The van der Waals surface area contributed by atoms with E-state index < -0.39 is 17.2 Å². The third-order valence-corrected chi connectivity index (χ3v) is 7.68. The number of nitrogens with zero attached hydrogens (tertiary/aromatic N) is 6. The van der Waals surface area contributed by atoms with Crippen molar-refractivity contribution in [3.05, 3.63) is 66.1 Å². The van der Waals surface area contributed by atoms with Gasteiger partial charge in [0.2, 0.25) is 11.9 Å². The van der Waals surface area contributed by atoms with E-state index in [2.05, 4.69) is 32.2 Å². The predicted octanol–water partition coefficient (Wildman–Crippen LogP) is 3.67. The van der Waals surface area contributed by atoms with Gasteiger partial charge in [0.25, 0.3) is 0 Å². The number of hydrogen-bond donors (Lipinski definition) is 3. The number of rotatable bonds is 6. The fourth-order valence-corrected chi connectivity index (χ4v) is 5.54. The summed E-state index contributed by atoms with van der Waals surface area (Å²) in [5.41, 5.74) is 7.14. The zero-order chi connectivity index (χ0) is 29.6. The van der Waals surface area contributed by atoms with E-state index >= 15 is 8.78 Å². The molecule has 3 unspecified atom stereocenters. The molecule has 4 N–H and O–H groups in total. The summed E-state index contributed by atoms with van der Waals surface area (Å²) in [5.74, 6) is -1.25. The molecule has 5 rings (SSSR count). The van der Waals surface area contributed by atoms with Crippen molar-refractivity contribution in [2.24, 2.45) is 11.7 Å². The number of aliphatic hydroxyl groups is 1. The van der Waals surface area contributed by atoms with Crippen molar-refractivity contribution < 1.29 is 18.7 Å². The van der Waals surface area contributed by atoms with Gasteiger partial charge in [0, 0.05) is 39.3 Å². The number of benzene rings is 1. The number of amides is 1. The molecule has 4 aromatic rings. The highest BCUT2D eigenvalue weighted by Crippen LogP contribution is 2.33. The summed E-state index contributed by atoms with van der Waals surface area (Å²) in [5, 5.41) is 17.9. The predicted molar refractivity (Wildman–Crippen MR) is 153 cm³/mol. The molecule has 4 heterocycles. The molecule has 0 radical (unpaired) electrons. The van der Waals surface area contributed by atoms with E-state index in [1.165, 1.54) is 24.4 Å². The molecule has 216 valence electrons. The standard InChI is InChI=1S/C29H34F2N8O2/c1-16-14-38(15-22(32)27(16)37(5)17(2)40)25-8-9-33-13-24(25)35-28-34-12-19-6-7-23(36-39(19)28)26-20(30)10-18(11-21(26)31)29(3,4)41/h6-13,16,22,27,41H,14-15,32H2,1-5H3,(H,34,35). The summed E-state index contributed by atoms with van der Waals surface area (Å²) in [7, 11) is 1.78. The fourth-order valence-electron chi connectivity index (χ4n) is 5.54. The van der Waals surface area contributed by atoms with E-state index in [1.54, 1.807) is 43.5 Å². The second-order valence-electron chi connectivity index (χ2n) is 11.2. The molecular formula is C29H34F2N8O2. The van der Waals surface area contributed by atoms with E-state index in [1.807, 2.05) is 6.07 Å². The van der Waals surface area contributed by atoms with Crippen LogP contribution in [-0.2, 0) is 10.4 Å². The second-order valence-corrected chi connectivity index (χ2v) is 11.2. The smallest absolute Gasteiger partial charge is 0.229 e. The van der Waals surface area contributed by atoms with E-state index in [9.17, 15) is 9.90 Å². The lowest BCUT2D eigenvalue weighted by Gasteiger charge is -2.46. The van der Waals surface area contributed by atoms with Crippen molar-refractivity contribution in [3.8, 4) is 11.3 Å². The van der Waals surface area contributed by atoms with E-state index in [0.29, 0.717) is 30.2 Å². The molecule has 1 amide bonds. The van der Waals surface area contributed by atoms with Crippen LogP contribution in [0, 0.1) is 17.6 Å². The number of imidazole rings is 1. The van der Waals surface area contributed by atoms with Crippen molar-refractivity contribution in [2.75, 3.05) is 30.4 Å². The first-order valence-corrected chi connectivity index (χ1v) is 13.4. The molecule has 41 heavy (non-hydrogen) atoms. The van der Waals surface area contributed by atoms with Crippen molar-refractivity contribution in [3.63, 3.8) is 0 Å². The lowest BCUT2D eigenvalue weighted by molar-refractivity contribution is -0.131. The Morgan fingerprint density at radius 1 is 1.17 bits per heavy atom. The number of anilines is 3. The maximum absolute atomic E-state index is 15.1. The van der Waals surface area contributed by atoms with Gasteiger partial charge in [-0.2, -0.15) is 9.61 Å². The van der Waals surface area contributed by atoms with Gasteiger partial charge in [-0.3, -0.25) is 9.78 Å². The summed E-state index contributed by atoms with van der Waals surface area (Å²) in [6, 6.07) is 6.94. The molecular weight excluding hydrogens is 530 g/mol. The average molecular weight is 565 g/mol. The number of nitrogens with one attached hydrogen (secondary N) is 1. The van der Waals surface area contributed by atoms with Gasteiger partial charge in [-0.1, -0.05) is 6.92 Å². The monoisotopic (exact) mass is 564 g/mol.